The first-order chi connectivity index (χ1) is 10.8. The first kappa shape index (κ1) is 21.0. The summed E-state index contributed by atoms with van der Waals surface area (Å²) in [6.45, 7) is 5.99. The molecule has 23 heavy (non-hydrogen) atoms. The van der Waals surface area contributed by atoms with Crippen LogP contribution < -0.4 is 10.6 Å². The predicted molar refractivity (Wildman–Crippen MR) is 111 cm³/mol. The van der Waals surface area contributed by atoms with Crippen LogP contribution in [0.15, 0.2) is 4.99 Å². The van der Waals surface area contributed by atoms with Gasteiger partial charge in [-0.25, -0.2) is 0 Å². The van der Waals surface area contributed by atoms with Crippen molar-refractivity contribution in [1.29, 1.82) is 0 Å². The fourth-order valence-electron chi connectivity index (χ4n) is 3.77. The van der Waals surface area contributed by atoms with E-state index in [4.69, 9.17) is 0 Å². The largest absolute Gasteiger partial charge is 0.356 e. The highest BCUT2D eigenvalue weighted by Gasteiger charge is 2.17. The van der Waals surface area contributed by atoms with E-state index >= 15 is 0 Å². The molecule has 1 aliphatic heterocycles. The van der Waals surface area contributed by atoms with Crippen LogP contribution >= 0.6 is 24.0 Å². The van der Waals surface area contributed by atoms with Crippen LogP contribution in [-0.2, 0) is 0 Å². The lowest BCUT2D eigenvalue weighted by atomic mass is 9.96. The summed E-state index contributed by atoms with van der Waals surface area (Å²) in [6.07, 6.45) is 13.4. The second-order valence-electron chi connectivity index (χ2n) is 7.07. The van der Waals surface area contributed by atoms with E-state index in [1.165, 1.54) is 77.3 Å². The Bertz CT molecular complexity index is 329. The van der Waals surface area contributed by atoms with Crippen molar-refractivity contribution in [2.45, 2.75) is 83.2 Å². The van der Waals surface area contributed by atoms with E-state index in [0.29, 0.717) is 6.04 Å². The number of halogens is 1. The molecule has 136 valence electrons. The number of aliphatic imine (C=N–C) groups is 1. The molecule has 1 saturated carbocycles. The van der Waals surface area contributed by atoms with E-state index in [1.54, 1.807) is 0 Å². The lowest BCUT2D eigenvalue weighted by Crippen LogP contribution is -2.44. The molecule has 1 atom stereocenters. The quantitative estimate of drug-likeness (QED) is 0.288. The minimum Gasteiger partial charge on any atom is -0.356 e. The number of rotatable bonds is 6. The standard InChI is InChI=1S/C18H36N4.HI/c1-16-10-6-8-14-22(16)15-9-7-13-20-18(19-2)21-17-11-4-3-5-12-17;/h16-17H,3-15H2,1-2H3,(H2,19,20,21);1H. The summed E-state index contributed by atoms with van der Waals surface area (Å²) in [5.41, 5.74) is 0. The van der Waals surface area contributed by atoms with Crippen molar-refractivity contribution in [1.82, 2.24) is 15.5 Å². The second kappa shape index (κ2) is 12.3. The molecule has 2 fully saturated rings. The van der Waals surface area contributed by atoms with Crippen LogP contribution in [0.3, 0.4) is 0 Å². The topological polar surface area (TPSA) is 39.7 Å². The van der Waals surface area contributed by atoms with Crippen molar-refractivity contribution in [2.24, 2.45) is 4.99 Å². The number of piperidine rings is 1. The Hall–Kier alpha value is -0.0400. The van der Waals surface area contributed by atoms with Crippen molar-refractivity contribution in [3.05, 3.63) is 0 Å². The molecule has 1 aliphatic carbocycles. The number of unbranched alkanes of at least 4 members (excludes halogenated alkanes) is 1. The molecule has 4 nitrogen and oxygen atoms in total. The maximum atomic E-state index is 4.37. The van der Waals surface area contributed by atoms with Crippen molar-refractivity contribution < 1.29 is 0 Å². The van der Waals surface area contributed by atoms with Gasteiger partial charge < -0.3 is 15.5 Å². The molecule has 1 heterocycles. The Morgan fingerprint density at radius 1 is 1.04 bits per heavy atom. The van der Waals surface area contributed by atoms with Gasteiger partial charge in [0, 0.05) is 25.7 Å². The van der Waals surface area contributed by atoms with Crippen LogP contribution in [0.25, 0.3) is 0 Å². The van der Waals surface area contributed by atoms with Gasteiger partial charge in [0.2, 0.25) is 0 Å². The summed E-state index contributed by atoms with van der Waals surface area (Å²) in [6, 6.07) is 1.43. The van der Waals surface area contributed by atoms with Gasteiger partial charge in [-0.05, 0) is 58.5 Å². The zero-order valence-corrected chi connectivity index (χ0v) is 17.5. The summed E-state index contributed by atoms with van der Waals surface area (Å²) >= 11 is 0. The van der Waals surface area contributed by atoms with Crippen LogP contribution in [0.1, 0.15) is 71.1 Å². The smallest absolute Gasteiger partial charge is 0.191 e. The van der Waals surface area contributed by atoms with Crippen molar-refractivity contribution in [3.8, 4) is 0 Å². The molecule has 5 heteroatoms. The summed E-state index contributed by atoms with van der Waals surface area (Å²) in [4.78, 5) is 7.03. The van der Waals surface area contributed by atoms with E-state index in [1.807, 2.05) is 7.05 Å². The monoisotopic (exact) mass is 436 g/mol. The minimum absolute atomic E-state index is 0. The molecule has 0 radical (unpaired) electrons. The predicted octanol–water partition coefficient (Wildman–Crippen LogP) is 3.76. The SMILES string of the molecule is CN=C(NCCCCN1CCCCC1C)NC1CCCCC1.I. The third-order valence-electron chi connectivity index (χ3n) is 5.27. The molecule has 0 aromatic carbocycles. The fraction of sp³-hybridized carbons (Fsp3) is 0.944. The number of hydrogen-bond donors (Lipinski definition) is 2. The van der Waals surface area contributed by atoms with Crippen molar-refractivity contribution in [3.63, 3.8) is 0 Å². The van der Waals surface area contributed by atoms with Gasteiger partial charge in [0.15, 0.2) is 5.96 Å². The maximum absolute atomic E-state index is 4.37. The molecule has 0 amide bonds. The van der Waals surface area contributed by atoms with E-state index in [-0.39, 0.29) is 24.0 Å². The molecule has 0 aromatic heterocycles. The maximum Gasteiger partial charge on any atom is 0.191 e. The molecule has 1 unspecified atom stereocenters. The van der Waals surface area contributed by atoms with Gasteiger partial charge >= 0.3 is 0 Å². The Balaban J connectivity index is 0.00000264. The van der Waals surface area contributed by atoms with E-state index in [0.717, 1.165) is 18.5 Å². The van der Waals surface area contributed by atoms with E-state index < -0.39 is 0 Å². The number of hydrogen-bond acceptors (Lipinski definition) is 2. The number of guanidine groups is 1. The van der Waals surface area contributed by atoms with Crippen molar-refractivity contribution >= 4 is 29.9 Å². The minimum atomic E-state index is 0. The normalized spacial score (nSPS) is 24.1. The lowest BCUT2D eigenvalue weighted by Gasteiger charge is -2.33. The lowest BCUT2D eigenvalue weighted by molar-refractivity contribution is 0.158. The summed E-state index contributed by atoms with van der Waals surface area (Å²) < 4.78 is 0. The summed E-state index contributed by atoms with van der Waals surface area (Å²) in [5.74, 6) is 0.998. The molecule has 2 N–H and O–H groups in total. The average molecular weight is 436 g/mol. The molecule has 0 spiro atoms. The summed E-state index contributed by atoms with van der Waals surface area (Å²) in [7, 11) is 1.88. The molecule has 2 aliphatic rings. The Morgan fingerprint density at radius 3 is 2.48 bits per heavy atom. The van der Waals surface area contributed by atoms with Gasteiger partial charge in [-0.2, -0.15) is 0 Å². The Labute approximate surface area is 160 Å². The van der Waals surface area contributed by atoms with Crippen LogP contribution in [0.5, 0.6) is 0 Å². The molecular formula is C18H37IN4. The Morgan fingerprint density at radius 2 is 1.78 bits per heavy atom. The van der Waals surface area contributed by atoms with Crippen LogP contribution in [0.2, 0.25) is 0 Å². The third kappa shape index (κ3) is 8.05. The van der Waals surface area contributed by atoms with Crippen molar-refractivity contribution in [2.75, 3.05) is 26.7 Å². The zero-order chi connectivity index (χ0) is 15.6. The first-order valence-electron chi connectivity index (χ1n) is 9.51. The number of nitrogens with one attached hydrogen (secondary N) is 2. The van der Waals surface area contributed by atoms with Gasteiger partial charge in [-0.3, -0.25) is 4.99 Å². The third-order valence-corrected chi connectivity index (χ3v) is 5.27. The van der Waals surface area contributed by atoms with E-state index in [9.17, 15) is 0 Å². The van der Waals surface area contributed by atoms with Gasteiger partial charge in [-0.15, -0.1) is 24.0 Å². The molecule has 2 rings (SSSR count). The highest BCUT2D eigenvalue weighted by atomic mass is 127. The van der Waals surface area contributed by atoms with Gasteiger partial charge in [0.05, 0.1) is 0 Å². The molecule has 0 aromatic rings. The van der Waals surface area contributed by atoms with Gasteiger partial charge in [0.1, 0.15) is 0 Å². The number of nitrogens with zero attached hydrogens (tertiary/aromatic N) is 2. The Kier molecular flexibility index (Phi) is 11.3. The molecule has 0 bridgehead atoms. The fourth-order valence-corrected chi connectivity index (χ4v) is 3.77. The molecule has 1 saturated heterocycles. The number of likely N-dealkylation sites (tertiary alicyclic amines) is 1. The highest BCUT2D eigenvalue weighted by Crippen LogP contribution is 2.17. The van der Waals surface area contributed by atoms with E-state index in [2.05, 4.69) is 27.4 Å². The van der Waals surface area contributed by atoms with Gasteiger partial charge in [0.25, 0.3) is 0 Å². The van der Waals surface area contributed by atoms with Crippen LogP contribution in [-0.4, -0.2) is 49.6 Å². The summed E-state index contributed by atoms with van der Waals surface area (Å²) in [5, 5.41) is 7.07. The first-order valence-corrected chi connectivity index (χ1v) is 9.51. The average Bonchev–Trinajstić information content (AvgIpc) is 2.56. The zero-order valence-electron chi connectivity index (χ0n) is 15.1. The molecular weight excluding hydrogens is 399 g/mol. The van der Waals surface area contributed by atoms with Crippen LogP contribution in [0.4, 0.5) is 0 Å². The second-order valence-corrected chi connectivity index (χ2v) is 7.07. The highest BCUT2D eigenvalue weighted by molar-refractivity contribution is 14.0. The van der Waals surface area contributed by atoms with Crippen LogP contribution in [0, 0.1) is 0 Å². The van der Waals surface area contributed by atoms with Gasteiger partial charge in [-0.1, -0.05) is 25.7 Å².